The Balaban J connectivity index is 1.96. The molecule has 3 rings (SSSR count). The van der Waals surface area contributed by atoms with E-state index in [2.05, 4.69) is 10.3 Å². The molecule has 1 aliphatic rings. The van der Waals surface area contributed by atoms with Crippen molar-refractivity contribution < 1.29 is 27.3 Å². The second kappa shape index (κ2) is 7.14. The number of nitrogens with zero attached hydrogens (tertiary/aromatic N) is 1. The quantitative estimate of drug-likeness (QED) is 0.605. The molecule has 1 aliphatic heterocycles. The van der Waals surface area contributed by atoms with E-state index in [4.69, 9.17) is 9.31 Å². The van der Waals surface area contributed by atoms with Crippen LogP contribution in [0.1, 0.15) is 50.5 Å². The van der Waals surface area contributed by atoms with Gasteiger partial charge in [0.05, 0.1) is 16.8 Å². The molecule has 0 aliphatic carbocycles. The Labute approximate surface area is 167 Å². The Morgan fingerprint density at radius 1 is 1.07 bits per heavy atom. The molecule has 0 saturated carbocycles. The highest BCUT2D eigenvalue weighted by molar-refractivity contribution is 6.64. The molecule has 9 heteroatoms. The molecule has 1 N–H and O–H groups in total. The van der Waals surface area contributed by atoms with Gasteiger partial charge in [0, 0.05) is 22.9 Å². The van der Waals surface area contributed by atoms with Gasteiger partial charge in [-0.25, -0.2) is 4.98 Å². The normalized spacial score (nSPS) is 18.0. The Hall–Kier alpha value is -2.39. The van der Waals surface area contributed by atoms with Gasteiger partial charge >= 0.3 is 13.3 Å². The molecule has 2 heterocycles. The standard InChI is InChI=1S/C20H22BF3N2O3/c1-12(27)13-10-16(21-28-18(2,3)19(4,5)29-21)17(25-11-13)26-15-8-6-14(7-9-15)20(22,23)24/h6-11H,1-5H3,(H,25,26). The van der Waals surface area contributed by atoms with Crippen LogP contribution in [0.3, 0.4) is 0 Å². The minimum Gasteiger partial charge on any atom is -0.399 e. The van der Waals surface area contributed by atoms with Gasteiger partial charge < -0.3 is 14.6 Å². The summed E-state index contributed by atoms with van der Waals surface area (Å²) in [5.74, 6) is 0.171. The summed E-state index contributed by atoms with van der Waals surface area (Å²) < 4.78 is 50.5. The summed E-state index contributed by atoms with van der Waals surface area (Å²) in [6.07, 6.45) is -3.00. The number of ketones is 1. The van der Waals surface area contributed by atoms with E-state index in [0.29, 0.717) is 22.5 Å². The topological polar surface area (TPSA) is 60.5 Å². The minimum atomic E-state index is -4.41. The highest BCUT2D eigenvalue weighted by Crippen LogP contribution is 2.37. The molecule has 1 fully saturated rings. The first-order valence-corrected chi connectivity index (χ1v) is 9.11. The van der Waals surface area contributed by atoms with Crippen LogP contribution in [0.25, 0.3) is 0 Å². The SMILES string of the molecule is CC(=O)c1cnc(Nc2ccc(C(F)(F)F)cc2)c(B2OC(C)(C)C(C)(C)O2)c1. The maximum atomic E-state index is 12.8. The van der Waals surface area contributed by atoms with E-state index in [9.17, 15) is 18.0 Å². The first-order valence-electron chi connectivity index (χ1n) is 9.11. The van der Waals surface area contributed by atoms with Crippen molar-refractivity contribution >= 4 is 29.9 Å². The summed E-state index contributed by atoms with van der Waals surface area (Å²) in [4.78, 5) is 16.1. The van der Waals surface area contributed by atoms with Crippen LogP contribution < -0.4 is 10.8 Å². The fourth-order valence-corrected chi connectivity index (χ4v) is 2.81. The van der Waals surface area contributed by atoms with Gasteiger partial charge in [-0.3, -0.25) is 4.79 Å². The Morgan fingerprint density at radius 3 is 2.10 bits per heavy atom. The van der Waals surface area contributed by atoms with E-state index in [1.165, 1.54) is 25.3 Å². The van der Waals surface area contributed by atoms with Crippen molar-refractivity contribution in [2.24, 2.45) is 0 Å². The number of carbonyl (C=O) groups is 1. The minimum absolute atomic E-state index is 0.170. The molecular formula is C20H22BF3N2O3. The maximum Gasteiger partial charge on any atom is 0.498 e. The first kappa shape index (κ1) is 21.3. The zero-order valence-corrected chi connectivity index (χ0v) is 16.8. The number of anilines is 2. The number of Topliss-reactive ketones (excluding diaryl/α,β-unsaturated/α-hetero) is 1. The van der Waals surface area contributed by atoms with E-state index < -0.39 is 30.1 Å². The van der Waals surface area contributed by atoms with E-state index in [1.807, 2.05) is 27.7 Å². The maximum absolute atomic E-state index is 12.8. The van der Waals surface area contributed by atoms with Gasteiger partial charge in [0.2, 0.25) is 0 Å². The van der Waals surface area contributed by atoms with Crippen LogP contribution >= 0.6 is 0 Å². The summed E-state index contributed by atoms with van der Waals surface area (Å²) in [5, 5.41) is 3.00. The molecule has 154 valence electrons. The highest BCUT2D eigenvalue weighted by atomic mass is 19.4. The van der Waals surface area contributed by atoms with Crippen LogP contribution in [0.4, 0.5) is 24.7 Å². The first-order chi connectivity index (χ1) is 13.3. The van der Waals surface area contributed by atoms with Crippen LogP contribution in [0.15, 0.2) is 36.5 Å². The van der Waals surface area contributed by atoms with Gasteiger partial charge in [0.1, 0.15) is 5.82 Å². The molecule has 1 aromatic heterocycles. The van der Waals surface area contributed by atoms with Crippen LogP contribution in [-0.4, -0.2) is 29.1 Å². The number of nitrogens with one attached hydrogen (secondary N) is 1. The number of hydrogen-bond donors (Lipinski definition) is 1. The van der Waals surface area contributed by atoms with Crippen molar-refractivity contribution in [2.75, 3.05) is 5.32 Å². The van der Waals surface area contributed by atoms with E-state index in [-0.39, 0.29) is 5.78 Å². The molecule has 0 unspecified atom stereocenters. The average molecular weight is 406 g/mol. The van der Waals surface area contributed by atoms with E-state index in [1.54, 1.807) is 6.07 Å². The average Bonchev–Trinajstić information content (AvgIpc) is 2.82. The van der Waals surface area contributed by atoms with Gasteiger partial charge in [-0.05, 0) is 65.0 Å². The summed E-state index contributed by atoms with van der Waals surface area (Å²) in [6, 6.07) is 6.24. The third-order valence-electron chi connectivity index (χ3n) is 5.31. The van der Waals surface area contributed by atoms with Gasteiger partial charge in [-0.1, -0.05) is 0 Å². The van der Waals surface area contributed by atoms with Crippen molar-refractivity contribution in [3.63, 3.8) is 0 Å². The number of aromatic nitrogens is 1. The number of hydrogen-bond acceptors (Lipinski definition) is 5. The summed E-state index contributed by atoms with van der Waals surface area (Å²) in [7, 11) is -0.788. The van der Waals surface area contributed by atoms with Crippen molar-refractivity contribution in [2.45, 2.75) is 52.0 Å². The summed E-state index contributed by atoms with van der Waals surface area (Å²) in [6.45, 7) is 9.03. The second-order valence-corrected chi connectivity index (χ2v) is 8.01. The number of pyridine rings is 1. The number of halogens is 3. The summed E-state index contributed by atoms with van der Waals surface area (Å²) in [5.41, 5.74) is -0.651. The number of benzene rings is 1. The Bertz CT molecular complexity index is 912. The molecule has 5 nitrogen and oxygen atoms in total. The largest absolute Gasteiger partial charge is 0.498 e. The van der Waals surface area contributed by atoms with Crippen molar-refractivity contribution in [3.05, 3.63) is 47.7 Å². The van der Waals surface area contributed by atoms with Gasteiger partial charge in [0.15, 0.2) is 5.78 Å². The number of carbonyl (C=O) groups excluding carboxylic acids is 1. The number of rotatable bonds is 4. The van der Waals surface area contributed by atoms with Crippen LogP contribution in [0.2, 0.25) is 0 Å². The molecule has 0 radical (unpaired) electrons. The van der Waals surface area contributed by atoms with Gasteiger partial charge in [-0.2, -0.15) is 13.2 Å². The zero-order chi connectivity index (χ0) is 21.6. The summed E-state index contributed by atoms with van der Waals surface area (Å²) >= 11 is 0. The Morgan fingerprint density at radius 2 is 1.62 bits per heavy atom. The zero-order valence-electron chi connectivity index (χ0n) is 16.8. The van der Waals surface area contributed by atoms with Crippen LogP contribution in [0, 0.1) is 0 Å². The second-order valence-electron chi connectivity index (χ2n) is 8.01. The molecule has 1 saturated heterocycles. The smallest absolute Gasteiger partial charge is 0.399 e. The van der Waals surface area contributed by atoms with E-state index in [0.717, 1.165) is 12.1 Å². The lowest BCUT2D eigenvalue weighted by Gasteiger charge is -2.32. The van der Waals surface area contributed by atoms with Crippen LogP contribution in [0.5, 0.6) is 0 Å². The molecule has 0 bridgehead atoms. The van der Waals surface area contributed by atoms with Crippen molar-refractivity contribution in [3.8, 4) is 0 Å². The predicted molar refractivity (Wildman–Crippen MR) is 105 cm³/mol. The fourth-order valence-electron chi connectivity index (χ4n) is 2.81. The lowest BCUT2D eigenvalue weighted by molar-refractivity contribution is -0.137. The molecule has 0 spiro atoms. The van der Waals surface area contributed by atoms with Gasteiger partial charge in [0.25, 0.3) is 0 Å². The van der Waals surface area contributed by atoms with Gasteiger partial charge in [-0.15, -0.1) is 0 Å². The molecule has 0 amide bonds. The van der Waals surface area contributed by atoms with Crippen LogP contribution in [-0.2, 0) is 15.5 Å². The lowest BCUT2D eigenvalue weighted by Crippen LogP contribution is -2.41. The molecule has 1 aromatic carbocycles. The van der Waals surface area contributed by atoms with Crippen molar-refractivity contribution in [1.82, 2.24) is 4.98 Å². The van der Waals surface area contributed by atoms with Crippen molar-refractivity contribution in [1.29, 1.82) is 0 Å². The number of alkyl halides is 3. The lowest BCUT2D eigenvalue weighted by atomic mass is 9.78. The predicted octanol–water partition coefficient (Wildman–Crippen LogP) is 4.35. The molecule has 0 atom stereocenters. The Kier molecular flexibility index (Phi) is 5.25. The molecular weight excluding hydrogens is 384 g/mol. The fraction of sp³-hybridized carbons (Fsp3) is 0.400. The third-order valence-corrected chi connectivity index (χ3v) is 5.31. The third kappa shape index (κ3) is 4.30. The highest BCUT2D eigenvalue weighted by Gasteiger charge is 2.52. The molecule has 2 aromatic rings. The van der Waals surface area contributed by atoms with E-state index >= 15 is 0 Å². The molecule has 29 heavy (non-hydrogen) atoms. The monoisotopic (exact) mass is 406 g/mol.